The van der Waals surface area contributed by atoms with Crippen LogP contribution >= 0.6 is 0 Å². The SMILES string of the molecule is CC(c1nc(C2CC2)no1)N1CCCC(c2cc(C(N)=O)n[nH]2)C1. The minimum Gasteiger partial charge on any atom is -0.364 e. The topological polar surface area (TPSA) is 114 Å². The largest absolute Gasteiger partial charge is 0.364 e. The normalized spacial score (nSPS) is 23.3. The van der Waals surface area contributed by atoms with Gasteiger partial charge in [-0.15, -0.1) is 0 Å². The number of nitrogens with zero attached hydrogens (tertiary/aromatic N) is 4. The Hall–Kier alpha value is -2.22. The molecule has 0 aromatic carbocycles. The molecule has 2 aromatic heterocycles. The summed E-state index contributed by atoms with van der Waals surface area (Å²) in [7, 11) is 0. The molecule has 2 aromatic rings. The number of nitrogens with one attached hydrogen (secondary N) is 1. The summed E-state index contributed by atoms with van der Waals surface area (Å²) in [5.41, 5.74) is 6.54. The van der Waals surface area contributed by atoms with Crippen LogP contribution in [-0.2, 0) is 0 Å². The minimum absolute atomic E-state index is 0.0892. The van der Waals surface area contributed by atoms with Gasteiger partial charge in [-0.1, -0.05) is 5.16 Å². The Morgan fingerprint density at radius 2 is 2.25 bits per heavy atom. The van der Waals surface area contributed by atoms with E-state index in [0.717, 1.165) is 37.4 Å². The van der Waals surface area contributed by atoms with Crippen LogP contribution in [0.3, 0.4) is 0 Å². The molecule has 1 saturated heterocycles. The summed E-state index contributed by atoms with van der Waals surface area (Å²) in [5, 5.41) is 11.1. The van der Waals surface area contributed by atoms with E-state index in [4.69, 9.17) is 10.3 Å². The fourth-order valence-electron chi connectivity index (χ4n) is 3.36. The van der Waals surface area contributed by atoms with Crippen molar-refractivity contribution in [2.75, 3.05) is 13.1 Å². The molecule has 128 valence electrons. The number of rotatable bonds is 5. The number of carbonyl (C=O) groups is 1. The molecule has 2 atom stereocenters. The molecule has 2 fully saturated rings. The Labute approximate surface area is 139 Å². The van der Waals surface area contributed by atoms with Crippen molar-refractivity contribution in [1.29, 1.82) is 0 Å². The third-order valence-corrected chi connectivity index (χ3v) is 5.05. The first kappa shape index (κ1) is 15.3. The Morgan fingerprint density at radius 1 is 1.42 bits per heavy atom. The number of likely N-dealkylation sites (tertiary alicyclic amines) is 1. The smallest absolute Gasteiger partial charge is 0.269 e. The van der Waals surface area contributed by atoms with E-state index in [9.17, 15) is 4.79 Å². The molecule has 1 aliphatic carbocycles. The molecule has 4 rings (SSSR count). The number of carbonyl (C=O) groups excluding carboxylic acids is 1. The minimum atomic E-state index is -0.503. The van der Waals surface area contributed by atoms with Crippen LogP contribution in [0.2, 0.25) is 0 Å². The summed E-state index contributed by atoms with van der Waals surface area (Å²) >= 11 is 0. The van der Waals surface area contributed by atoms with Crippen LogP contribution in [0, 0.1) is 0 Å². The number of hydrogen-bond donors (Lipinski definition) is 2. The van der Waals surface area contributed by atoms with Crippen molar-refractivity contribution in [3.8, 4) is 0 Å². The first-order valence-corrected chi connectivity index (χ1v) is 8.54. The zero-order valence-electron chi connectivity index (χ0n) is 13.7. The van der Waals surface area contributed by atoms with Gasteiger partial charge in [-0.25, -0.2) is 0 Å². The number of piperidine rings is 1. The van der Waals surface area contributed by atoms with Gasteiger partial charge in [0.1, 0.15) is 5.69 Å². The summed E-state index contributed by atoms with van der Waals surface area (Å²) in [5.74, 6) is 1.84. The van der Waals surface area contributed by atoms with Crippen LogP contribution in [0.4, 0.5) is 0 Å². The van der Waals surface area contributed by atoms with Gasteiger partial charge in [-0.05, 0) is 45.2 Å². The zero-order valence-corrected chi connectivity index (χ0v) is 13.7. The average molecular weight is 330 g/mol. The van der Waals surface area contributed by atoms with Crippen LogP contribution in [-0.4, -0.2) is 44.2 Å². The summed E-state index contributed by atoms with van der Waals surface area (Å²) in [4.78, 5) is 18.1. The number of aromatic amines is 1. The average Bonchev–Trinajstić information content (AvgIpc) is 3.13. The highest BCUT2D eigenvalue weighted by Crippen LogP contribution is 2.39. The van der Waals surface area contributed by atoms with E-state index in [1.165, 1.54) is 12.8 Å². The molecule has 3 heterocycles. The van der Waals surface area contributed by atoms with Crippen LogP contribution in [0.1, 0.15) is 78.4 Å². The van der Waals surface area contributed by atoms with Crippen molar-refractivity contribution in [2.24, 2.45) is 5.73 Å². The van der Waals surface area contributed by atoms with Crippen molar-refractivity contribution in [3.63, 3.8) is 0 Å². The standard InChI is InChI=1S/C16H22N6O2/c1-9(16-18-15(21-24-16)10-4-5-10)22-6-2-3-11(8-22)12-7-13(14(17)23)20-19-12/h7,9-11H,2-6,8H2,1H3,(H2,17,23)(H,19,20). The first-order chi connectivity index (χ1) is 11.6. The maximum absolute atomic E-state index is 11.2. The van der Waals surface area contributed by atoms with Gasteiger partial charge in [0, 0.05) is 24.1 Å². The molecule has 8 heteroatoms. The summed E-state index contributed by atoms with van der Waals surface area (Å²) in [6.07, 6.45) is 4.46. The molecular weight excluding hydrogens is 308 g/mol. The van der Waals surface area contributed by atoms with Gasteiger partial charge < -0.3 is 10.3 Å². The maximum atomic E-state index is 11.2. The predicted molar refractivity (Wildman–Crippen MR) is 85.3 cm³/mol. The zero-order chi connectivity index (χ0) is 16.7. The van der Waals surface area contributed by atoms with Crippen molar-refractivity contribution >= 4 is 5.91 Å². The van der Waals surface area contributed by atoms with Gasteiger partial charge >= 0.3 is 0 Å². The molecule has 0 radical (unpaired) electrons. The van der Waals surface area contributed by atoms with Gasteiger partial charge in [0.25, 0.3) is 5.91 Å². The van der Waals surface area contributed by atoms with E-state index in [0.29, 0.717) is 23.4 Å². The number of amides is 1. The second kappa shape index (κ2) is 6.01. The van der Waals surface area contributed by atoms with Crippen molar-refractivity contribution in [2.45, 2.75) is 50.5 Å². The van der Waals surface area contributed by atoms with Crippen LogP contribution in [0.15, 0.2) is 10.6 Å². The van der Waals surface area contributed by atoms with E-state index in [1.807, 2.05) is 0 Å². The highest BCUT2D eigenvalue weighted by molar-refractivity contribution is 5.90. The predicted octanol–water partition coefficient (Wildman–Crippen LogP) is 1.71. The van der Waals surface area contributed by atoms with Crippen molar-refractivity contribution < 1.29 is 9.32 Å². The molecule has 0 bridgehead atoms. The molecule has 1 aliphatic heterocycles. The lowest BCUT2D eigenvalue weighted by Crippen LogP contribution is -2.36. The van der Waals surface area contributed by atoms with Gasteiger partial charge in [0.15, 0.2) is 5.82 Å². The molecule has 3 N–H and O–H groups in total. The highest BCUT2D eigenvalue weighted by Gasteiger charge is 2.32. The molecular formula is C16H22N6O2. The number of hydrogen-bond acceptors (Lipinski definition) is 6. The van der Waals surface area contributed by atoms with Crippen LogP contribution in [0.25, 0.3) is 0 Å². The lowest BCUT2D eigenvalue weighted by atomic mass is 9.93. The lowest BCUT2D eigenvalue weighted by molar-refractivity contribution is 0.0995. The third kappa shape index (κ3) is 2.93. The summed E-state index contributed by atoms with van der Waals surface area (Å²) < 4.78 is 5.47. The molecule has 2 unspecified atom stereocenters. The molecule has 2 aliphatic rings. The van der Waals surface area contributed by atoms with E-state index in [1.54, 1.807) is 6.07 Å². The number of aromatic nitrogens is 4. The van der Waals surface area contributed by atoms with Crippen molar-refractivity contribution in [1.82, 2.24) is 25.2 Å². The summed E-state index contributed by atoms with van der Waals surface area (Å²) in [6.45, 7) is 3.96. The fourth-order valence-corrected chi connectivity index (χ4v) is 3.36. The maximum Gasteiger partial charge on any atom is 0.269 e. The van der Waals surface area contributed by atoms with Gasteiger partial charge in [-0.2, -0.15) is 10.1 Å². The molecule has 0 spiro atoms. The van der Waals surface area contributed by atoms with Gasteiger partial charge in [0.2, 0.25) is 5.89 Å². The molecule has 8 nitrogen and oxygen atoms in total. The second-order valence-corrected chi connectivity index (χ2v) is 6.85. The Bertz CT molecular complexity index is 735. The van der Waals surface area contributed by atoms with E-state index in [2.05, 4.69) is 32.2 Å². The molecule has 1 saturated carbocycles. The third-order valence-electron chi connectivity index (χ3n) is 5.05. The Morgan fingerprint density at radius 3 is 2.96 bits per heavy atom. The van der Waals surface area contributed by atoms with Crippen LogP contribution < -0.4 is 5.73 Å². The molecule has 24 heavy (non-hydrogen) atoms. The number of H-pyrrole nitrogens is 1. The summed E-state index contributed by atoms with van der Waals surface area (Å²) in [6, 6.07) is 1.85. The second-order valence-electron chi connectivity index (χ2n) is 6.85. The fraction of sp³-hybridized carbons (Fsp3) is 0.625. The van der Waals surface area contributed by atoms with E-state index < -0.39 is 5.91 Å². The van der Waals surface area contributed by atoms with Gasteiger partial charge in [0.05, 0.1) is 6.04 Å². The van der Waals surface area contributed by atoms with E-state index >= 15 is 0 Å². The quantitative estimate of drug-likeness (QED) is 0.862. The number of nitrogens with two attached hydrogens (primary N) is 1. The monoisotopic (exact) mass is 330 g/mol. The highest BCUT2D eigenvalue weighted by atomic mass is 16.5. The molecule has 1 amide bonds. The van der Waals surface area contributed by atoms with Gasteiger partial charge in [-0.3, -0.25) is 14.8 Å². The first-order valence-electron chi connectivity index (χ1n) is 8.54. The Balaban J connectivity index is 1.45. The lowest BCUT2D eigenvalue weighted by Gasteiger charge is -2.34. The van der Waals surface area contributed by atoms with Crippen LogP contribution in [0.5, 0.6) is 0 Å². The van der Waals surface area contributed by atoms with E-state index in [-0.39, 0.29) is 6.04 Å². The number of primary amides is 1. The van der Waals surface area contributed by atoms with Crippen molar-refractivity contribution in [3.05, 3.63) is 29.2 Å². The Kier molecular flexibility index (Phi) is 3.84.